The summed E-state index contributed by atoms with van der Waals surface area (Å²) < 4.78 is 6.97. The van der Waals surface area contributed by atoms with Crippen molar-refractivity contribution >= 4 is 11.8 Å². The molecule has 0 saturated carbocycles. The van der Waals surface area contributed by atoms with Crippen LogP contribution in [-0.4, -0.2) is 25.6 Å². The molecule has 21 heavy (non-hydrogen) atoms. The minimum Gasteiger partial charge on any atom is -0.481 e. The van der Waals surface area contributed by atoms with Gasteiger partial charge >= 0.3 is 17.7 Å². The van der Waals surface area contributed by atoms with Crippen LogP contribution in [0, 0.1) is 17.0 Å². The molecular formula is C13H13N3O5. The summed E-state index contributed by atoms with van der Waals surface area (Å²) >= 11 is 0. The first kappa shape index (κ1) is 14.5. The number of rotatable bonds is 5. The summed E-state index contributed by atoms with van der Waals surface area (Å²) in [6.07, 6.45) is -0.149. The molecule has 2 rings (SSSR count). The Morgan fingerprint density at radius 3 is 2.86 bits per heavy atom. The smallest absolute Gasteiger partial charge is 0.427 e. The molecule has 1 aromatic heterocycles. The highest BCUT2D eigenvalue weighted by atomic mass is 16.6. The van der Waals surface area contributed by atoms with E-state index in [1.165, 1.54) is 10.6 Å². The number of nitrogens with zero attached hydrogens (tertiary/aromatic N) is 3. The molecular weight excluding hydrogens is 278 g/mol. The fourth-order valence-electron chi connectivity index (χ4n) is 1.81. The number of hydrogen-bond donors (Lipinski definition) is 1. The topological polar surface area (TPSA) is 107 Å². The summed E-state index contributed by atoms with van der Waals surface area (Å²) in [6.45, 7) is 1.63. The van der Waals surface area contributed by atoms with Gasteiger partial charge in [0.1, 0.15) is 5.75 Å². The maximum Gasteiger partial charge on any atom is 0.427 e. The van der Waals surface area contributed by atoms with Crippen molar-refractivity contribution in [3.63, 3.8) is 0 Å². The Kier molecular flexibility index (Phi) is 3.88. The largest absolute Gasteiger partial charge is 0.481 e. The second kappa shape index (κ2) is 5.61. The van der Waals surface area contributed by atoms with Gasteiger partial charge in [0.25, 0.3) is 0 Å². The summed E-state index contributed by atoms with van der Waals surface area (Å²) in [5, 5.41) is 19.7. The molecule has 0 radical (unpaired) electrons. The third-order valence-corrected chi connectivity index (χ3v) is 2.89. The second-order valence-corrected chi connectivity index (χ2v) is 4.42. The number of aryl methyl sites for hydroxylation is 1. The lowest BCUT2D eigenvalue weighted by Gasteiger charge is -2.07. The Morgan fingerprint density at radius 1 is 1.52 bits per heavy atom. The number of carbonyl (C=O) groups is 1. The number of ether oxygens (including phenoxy) is 1. The van der Waals surface area contributed by atoms with Crippen molar-refractivity contribution in [1.29, 1.82) is 0 Å². The van der Waals surface area contributed by atoms with E-state index in [4.69, 9.17) is 9.84 Å². The summed E-state index contributed by atoms with van der Waals surface area (Å²) in [6, 6.07) is 6.39. The average molecular weight is 291 g/mol. The minimum absolute atomic E-state index is 0.00461. The summed E-state index contributed by atoms with van der Waals surface area (Å²) in [4.78, 5) is 24.9. The van der Waals surface area contributed by atoms with Crippen molar-refractivity contribution < 1.29 is 19.6 Å². The fraction of sp³-hybridized carbons (Fsp3) is 0.231. The first-order valence-electron chi connectivity index (χ1n) is 6.04. The molecule has 0 spiro atoms. The first-order chi connectivity index (χ1) is 9.88. The molecule has 8 heteroatoms. The molecule has 1 N–H and O–H groups in total. The highest BCUT2D eigenvalue weighted by Gasteiger charge is 2.25. The Hall–Kier alpha value is -2.90. The Balaban J connectivity index is 2.34. The van der Waals surface area contributed by atoms with E-state index in [2.05, 4.69) is 4.98 Å². The highest BCUT2D eigenvalue weighted by Crippen LogP contribution is 2.31. The number of nitro groups is 1. The first-order valence-corrected chi connectivity index (χ1v) is 6.04. The fourth-order valence-corrected chi connectivity index (χ4v) is 1.81. The van der Waals surface area contributed by atoms with E-state index in [0.29, 0.717) is 17.1 Å². The van der Waals surface area contributed by atoms with Gasteiger partial charge in [0, 0.05) is 14.0 Å². The standard InChI is InChI=1S/C13H13N3O5/c1-8-14-12(16(19)20)13(15(8)2)21-10-5-3-4-9(6-10)7-11(17)18/h3-6H,7H2,1-2H3,(H,17,18). The Morgan fingerprint density at radius 2 is 2.24 bits per heavy atom. The predicted octanol–water partition coefficient (Wildman–Crippen LogP) is 2.06. The molecule has 0 bridgehead atoms. The van der Waals surface area contributed by atoms with Gasteiger partial charge in [-0.05, 0) is 27.6 Å². The van der Waals surface area contributed by atoms with Crippen LogP contribution in [0.4, 0.5) is 5.82 Å². The number of aromatic nitrogens is 2. The molecule has 0 aliphatic heterocycles. The number of benzene rings is 1. The molecule has 0 aliphatic rings. The van der Waals surface area contributed by atoms with Gasteiger partial charge in [-0.1, -0.05) is 12.1 Å². The molecule has 0 atom stereocenters. The summed E-state index contributed by atoms with van der Waals surface area (Å²) in [5.41, 5.74) is 0.543. The van der Waals surface area contributed by atoms with Gasteiger partial charge in [0.2, 0.25) is 5.82 Å². The molecule has 0 amide bonds. The highest BCUT2D eigenvalue weighted by molar-refractivity contribution is 5.70. The van der Waals surface area contributed by atoms with Crippen molar-refractivity contribution in [2.24, 2.45) is 7.05 Å². The van der Waals surface area contributed by atoms with Crippen LogP contribution in [0.3, 0.4) is 0 Å². The van der Waals surface area contributed by atoms with Crippen LogP contribution in [0.2, 0.25) is 0 Å². The molecule has 0 unspecified atom stereocenters. The minimum atomic E-state index is -0.963. The predicted molar refractivity (Wildman–Crippen MR) is 72.5 cm³/mol. The monoisotopic (exact) mass is 291 g/mol. The maximum absolute atomic E-state index is 11.0. The van der Waals surface area contributed by atoms with Crippen molar-refractivity contribution in [1.82, 2.24) is 9.55 Å². The number of carboxylic acid groups (broad SMARTS) is 1. The molecule has 2 aromatic rings. The zero-order valence-electron chi connectivity index (χ0n) is 11.4. The molecule has 8 nitrogen and oxygen atoms in total. The van der Waals surface area contributed by atoms with Gasteiger partial charge < -0.3 is 20.0 Å². The van der Waals surface area contributed by atoms with Gasteiger partial charge in [-0.2, -0.15) is 0 Å². The second-order valence-electron chi connectivity index (χ2n) is 4.42. The van der Waals surface area contributed by atoms with Crippen LogP contribution in [-0.2, 0) is 18.3 Å². The van der Waals surface area contributed by atoms with Gasteiger partial charge in [0.05, 0.1) is 6.42 Å². The van der Waals surface area contributed by atoms with Crippen LogP contribution in [0.25, 0.3) is 0 Å². The molecule has 110 valence electrons. The lowest BCUT2D eigenvalue weighted by molar-refractivity contribution is -0.390. The van der Waals surface area contributed by atoms with Gasteiger partial charge in [0.15, 0.2) is 0 Å². The lowest BCUT2D eigenvalue weighted by Crippen LogP contribution is -2.01. The van der Waals surface area contributed by atoms with E-state index in [9.17, 15) is 14.9 Å². The van der Waals surface area contributed by atoms with Crippen LogP contribution < -0.4 is 4.74 Å². The zero-order chi connectivity index (χ0) is 15.6. The number of imidazole rings is 1. The van der Waals surface area contributed by atoms with Crippen molar-refractivity contribution in [3.8, 4) is 11.6 Å². The van der Waals surface area contributed by atoms with E-state index in [0.717, 1.165) is 0 Å². The normalized spacial score (nSPS) is 10.4. The third kappa shape index (κ3) is 3.16. The van der Waals surface area contributed by atoms with E-state index < -0.39 is 10.9 Å². The van der Waals surface area contributed by atoms with E-state index in [1.54, 1.807) is 32.2 Å². The Bertz CT molecular complexity index is 708. The third-order valence-electron chi connectivity index (χ3n) is 2.89. The number of hydrogen-bond acceptors (Lipinski definition) is 5. The SMILES string of the molecule is Cc1nc([N+](=O)[O-])c(Oc2cccc(CC(=O)O)c2)n1C. The molecule has 1 heterocycles. The lowest BCUT2D eigenvalue weighted by atomic mass is 10.1. The maximum atomic E-state index is 11.0. The molecule has 1 aromatic carbocycles. The van der Waals surface area contributed by atoms with Crippen LogP contribution in [0.15, 0.2) is 24.3 Å². The Labute approximate surface area is 119 Å². The number of aliphatic carboxylic acids is 1. The van der Waals surface area contributed by atoms with Crippen molar-refractivity contribution in [2.75, 3.05) is 0 Å². The van der Waals surface area contributed by atoms with Gasteiger partial charge in [-0.25, -0.2) is 0 Å². The molecule has 0 saturated heterocycles. The van der Waals surface area contributed by atoms with E-state index in [-0.39, 0.29) is 18.1 Å². The van der Waals surface area contributed by atoms with E-state index in [1.807, 2.05) is 0 Å². The van der Waals surface area contributed by atoms with Gasteiger partial charge in [-0.3, -0.25) is 9.36 Å². The van der Waals surface area contributed by atoms with Crippen LogP contribution >= 0.6 is 0 Å². The van der Waals surface area contributed by atoms with Gasteiger partial charge in [-0.15, -0.1) is 0 Å². The number of carboxylic acids is 1. The van der Waals surface area contributed by atoms with Crippen LogP contribution in [0.1, 0.15) is 11.4 Å². The van der Waals surface area contributed by atoms with E-state index >= 15 is 0 Å². The van der Waals surface area contributed by atoms with Crippen LogP contribution in [0.5, 0.6) is 11.6 Å². The average Bonchev–Trinajstić information content (AvgIpc) is 2.67. The summed E-state index contributed by atoms with van der Waals surface area (Å²) in [5.74, 6) is -0.573. The van der Waals surface area contributed by atoms with Crippen molar-refractivity contribution in [3.05, 3.63) is 45.8 Å². The van der Waals surface area contributed by atoms with Crippen molar-refractivity contribution in [2.45, 2.75) is 13.3 Å². The summed E-state index contributed by atoms with van der Waals surface area (Å²) in [7, 11) is 1.60. The quantitative estimate of drug-likeness (QED) is 0.667. The molecule has 0 fully saturated rings. The zero-order valence-corrected chi connectivity index (χ0v) is 11.4. The molecule has 0 aliphatic carbocycles.